The number of nitrogens with zero attached hydrogens (tertiary/aromatic N) is 1. The number of piperazine rings is 1. The number of rotatable bonds is 2. The molecule has 5 nitrogen and oxygen atoms in total. The lowest BCUT2D eigenvalue weighted by Gasteiger charge is -2.33. The third kappa shape index (κ3) is 2.37. The fourth-order valence-corrected chi connectivity index (χ4v) is 1.62. The average molecular weight is 200 g/mol. The maximum Gasteiger partial charge on any atom is 0.408 e. The van der Waals surface area contributed by atoms with Crippen LogP contribution < -0.4 is 5.32 Å². The van der Waals surface area contributed by atoms with Crippen LogP contribution in [0.3, 0.4) is 0 Å². The maximum atomic E-state index is 11.4. The first-order valence-electron chi connectivity index (χ1n) is 4.79. The highest BCUT2D eigenvalue weighted by molar-refractivity contribution is 5.86. The predicted molar refractivity (Wildman–Crippen MR) is 51.0 cm³/mol. The Morgan fingerprint density at radius 3 is 2.86 bits per heavy atom. The van der Waals surface area contributed by atoms with E-state index in [0.29, 0.717) is 25.4 Å². The summed E-state index contributed by atoms with van der Waals surface area (Å²) in [6.45, 7) is 4.75. The summed E-state index contributed by atoms with van der Waals surface area (Å²) < 4.78 is 0. The Bertz CT molecular complexity index is 240. The van der Waals surface area contributed by atoms with Crippen LogP contribution in [0.5, 0.6) is 0 Å². The van der Waals surface area contributed by atoms with E-state index >= 15 is 0 Å². The van der Waals surface area contributed by atoms with E-state index in [0.717, 1.165) is 0 Å². The molecule has 0 bridgehead atoms. The van der Waals surface area contributed by atoms with Gasteiger partial charge in [0.15, 0.2) is 0 Å². The van der Waals surface area contributed by atoms with Gasteiger partial charge in [-0.05, 0) is 12.3 Å². The van der Waals surface area contributed by atoms with Crippen LogP contribution in [-0.4, -0.2) is 41.1 Å². The molecule has 1 fully saturated rings. The lowest BCUT2D eigenvalue weighted by molar-refractivity contribution is -0.128. The van der Waals surface area contributed by atoms with Crippen LogP contribution in [0.2, 0.25) is 0 Å². The molecule has 0 radical (unpaired) electrons. The molecule has 1 rings (SSSR count). The van der Waals surface area contributed by atoms with E-state index in [1.807, 2.05) is 13.8 Å². The molecule has 0 aromatic heterocycles. The molecular formula is C9H16N2O3. The molecule has 80 valence electrons. The lowest BCUT2D eigenvalue weighted by atomic mass is 10.0. The van der Waals surface area contributed by atoms with E-state index in [2.05, 4.69) is 5.32 Å². The summed E-state index contributed by atoms with van der Waals surface area (Å²) in [5, 5.41) is 11.6. The molecule has 1 aliphatic rings. The van der Waals surface area contributed by atoms with E-state index in [-0.39, 0.29) is 5.91 Å². The molecule has 1 heterocycles. The van der Waals surface area contributed by atoms with Gasteiger partial charge in [-0.3, -0.25) is 9.69 Å². The molecule has 0 aromatic rings. The van der Waals surface area contributed by atoms with Crippen molar-refractivity contribution >= 4 is 12.0 Å². The van der Waals surface area contributed by atoms with Gasteiger partial charge in [0, 0.05) is 13.1 Å². The van der Waals surface area contributed by atoms with Crippen LogP contribution in [0, 0.1) is 5.92 Å². The van der Waals surface area contributed by atoms with Gasteiger partial charge in [-0.25, -0.2) is 4.79 Å². The zero-order valence-corrected chi connectivity index (χ0v) is 8.49. The highest BCUT2D eigenvalue weighted by Crippen LogP contribution is 2.14. The predicted octanol–water partition coefficient (Wildman–Crippen LogP) is 0.511. The first-order chi connectivity index (χ1) is 6.52. The lowest BCUT2D eigenvalue weighted by Crippen LogP contribution is -2.57. The number of hydrogen-bond acceptors (Lipinski definition) is 2. The third-order valence-corrected chi connectivity index (χ3v) is 2.27. The van der Waals surface area contributed by atoms with E-state index in [1.165, 1.54) is 4.90 Å². The summed E-state index contributed by atoms with van der Waals surface area (Å²) in [6, 6.07) is -0.513. The number of nitrogens with one attached hydrogen (secondary N) is 1. The number of hydrogen-bond donors (Lipinski definition) is 2. The molecule has 0 aromatic carbocycles. The van der Waals surface area contributed by atoms with Crippen LogP contribution in [0.1, 0.15) is 20.3 Å². The van der Waals surface area contributed by atoms with Crippen molar-refractivity contribution in [3.05, 3.63) is 0 Å². The number of carboxylic acid groups (broad SMARTS) is 1. The zero-order chi connectivity index (χ0) is 10.7. The highest BCUT2D eigenvalue weighted by Gasteiger charge is 2.32. The minimum atomic E-state index is -1.01. The fourth-order valence-electron chi connectivity index (χ4n) is 1.62. The van der Waals surface area contributed by atoms with E-state index in [4.69, 9.17) is 5.11 Å². The zero-order valence-electron chi connectivity index (χ0n) is 8.49. The SMILES string of the molecule is CC(C)C[C@H]1C(=O)NCCN1C(=O)O. The van der Waals surface area contributed by atoms with Crippen LogP contribution in [-0.2, 0) is 4.79 Å². The number of amides is 2. The summed E-state index contributed by atoms with van der Waals surface area (Å²) in [4.78, 5) is 23.5. The van der Waals surface area contributed by atoms with Crippen LogP contribution in [0.25, 0.3) is 0 Å². The Morgan fingerprint density at radius 1 is 1.71 bits per heavy atom. The largest absolute Gasteiger partial charge is 0.465 e. The molecule has 1 aliphatic heterocycles. The summed E-state index contributed by atoms with van der Waals surface area (Å²) in [5.41, 5.74) is 0. The van der Waals surface area contributed by atoms with Crippen LogP contribution in [0.4, 0.5) is 4.79 Å². The smallest absolute Gasteiger partial charge is 0.408 e. The van der Waals surface area contributed by atoms with Gasteiger partial charge >= 0.3 is 6.09 Å². The van der Waals surface area contributed by atoms with Crippen molar-refractivity contribution in [3.8, 4) is 0 Å². The molecule has 2 amide bonds. The van der Waals surface area contributed by atoms with Gasteiger partial charge in [0.1, 0.15) is 6.04 Å². The Kier molecular flexibility index (Phi) is 3.33. The van der Waals surface area contributed by atoms with Gasteiger partial charge in [-0.2, -0.15) is 0 Å². The number of carbonyl (C=O) groups is 2. The quantitative estimate of drug-likeness (QED) is 0.682. The monoisotopic (exact) mass is 200 g/mol. The topological polar surface area (TPSA) is 69.6 Å². The van der Waals surface area contributed by atoms with Crippen molar-refractivity contribution in [2.75, 3.05) is 13.1 Å². The molecular weight excluding hydrogens is 184 g/mol. The van der Waals surface area contributed by atoms with E-state index in [1.54, 1.807) is 0 Å². The molecule has 2 N–H and O–H groups in total. The van der Waals surface area contributed by atoms with Gasteiger partial charge < -0.3 is 10.4 Å². The summed E-state index contributed by atoms with van der Waals surface area (Å²) in [7, 11) is 0. The standard InChI is InChI=1S/C9H16N2O3/c1-6(2)5-7-8(12)10-3-4-11(7)9(13)14/h6-7H,3-5H2,1-2H3,(H,10,12)(H,13,14)/t7-/m0/s1. The Balaban J connectivity index is 2.70. The minimum Gasteiger partial charge on any atom is -0.465 e. The fraction of sp³-hybridized carbons (Fsp3) is 0.778. The van der Waals surface area contributed by atoms with Crippen LogP contribution in [0.15, 0.2) is 0 Å². The van der Waals surface area contributed by atoms with Gasteiger partial charge in [-0.1, -0.05) is 13.8 Å². The second-order valence-corrected chi connectivity index (χ2v) is 3.91. The van der Waals surface area contributed by atoms with Gasteiger partial charge in [0.2, 0.25) is 5.91 Å². The normalized spacial score (nSPS) is 22.4. The molecule has 0 unspecified atom stereocenters. The molecule has 0 spiro atoms. The van der Waals surface area contributed by atoms with Crippen molar-refractivity contribution in [2.45, 2.75) is 26.3 Å². The van der Waals surface area contributed by atoms with Crippen molar-refractivity contribution in [1.82, 2.24) is 10.2 Å². The van der Waals surface area contributed by atoms with Crippen molar-refractivity contribution in [2.24, 2.45) is 5.92 Å². The first-order valence-corrected chi connectivity index (χ1v) is 4.79. The summed E-state index contributed by atoms with van der Waals surface area (Å²) >= 11 is 0. The maximum absolute atomic E-state index is 11.4. The van der Waals surface area contributed by atoms with Crippen molar-refractivity contribution < 1.29 is 14.7 Å². The number of carbonyl (C=O) groups excluding carboxylic acids is 1. The summed E-state index contributed by atoms with van der Waals surface area (Å²) in [5.74, 6) is 0.137. The first kappa shape index (κ1) is 10.8. The molecule has 14 heavy (non-hydrogen) atoms. The van der Waals surface area contributed by atoms with Crippen LogP contribution >= 0.6 is 0 Å². The Morgan fingerprint density at radius 2 is 2.36 bits per heavy atom. The molecule has 0 aliphatic carbocycles. The minimum absolute atomic E-state index is 0.174. The molecule has 1 atom stereocenters. The molecule has 5 heteroatoms. The second kappa shape index (κ2) is 4.30. The van der Waals surface area contributed by atoms with E-state index < -0.39 is 12.1 Å². The van der Waals surface area contributed by atoms with Gasteiger partial charge in [-0.15, -0.1) is 0 Å². The molecule has 1 saturated heterocycles. The average Bonchev–Trinajstić information content (AvgIpc) is 2.07. The van der Waals surface area contributed by atoms with Gasteiger partial charge in [0.25, 0.3) is 0 Å². The Labute approximate surface area is 83.1 Å². The third-order valence-electron chi connectivity index (χ3n) is 2.27. The van der Waals surface area contributed by atoms with E-state index in [9.17, 15) is 9.59 Å². The van der Waals surface area contributed by atoms with Crippen molar-refractivity contribution in [3.63, 3.8) is 0 Å². The van der Waals surface area contributed by atoms with Gasteiger partial charge in [0.05, 0.1) is 0 Å². The second-order valence-electron chi connectivity index (χ2n) is 3.91. The Hall–Kier alpha value is -1.26. The highest BCUT2D eigenvalue weighted by atomic mass is 16.4. The van der Waals surface area contributed by atoms with Crippen molar-refractivity contribution in [1.29, 1.82) is 0 Å². The molecule has 0 saturated carbocycles. The summed E-state index contributed by atoms with van der Waals surface area (Å²) in [6.07, 6.45) is -0.427.